The predicted octanol–water partition coefficient (Wildman–Crippen LogP) is 2.07. The van der Waals surface area contributed by atoms with Gasteiger partial charge in [0.15, 0.2) is 5.65 Å². The van der Waals surface area contributed by atoms with E-state index in [1.54, 1.807) is 0 Å². The first-order chi connectivity index (χ1) is 12.3. The third kappa shape index (κ3) is 4.65. The second-order valence-corrected chi connectivity index (χ2v) is 5.34. The standard InChI is InChI=1S/C17H21N5O3/c1-2-23-7-8-24-9-12-3-5-13(6-4-12)10-25-16-14-15(20-11-19-14)21-17(18)22-16/h3-6,11H,2,7-10H2,1H3,(H3,18,19,20,21,22). The average Bonchev–Trinajstić information content (AvgIpc) is 3.09. The van der Waals surface area contributed by atoms with Crippen molar-refractivity contribution < 1.29 is 14.2 Å². The second kappa shape index (κ2) is 8.41. The van der Waals surface area contributed by atoms with E-state index >= 15 is 0 Å². The van der Waals surface area contributed by atoms with Gasteiger partial charge in [-0.2, -0.15) is 9.97 Å². The molecule has 2 aromatic heterocycles. The van der Waals surface area contributed by atoms with Crippen LogP contribution in [0.15, 0.2) is 30.6 Å². The van der Waals surface area contributed by atoms with Gasteiger partial charge in [-0.3, -0.25) is 0 Å². The van der Waals surface area contributed by atoms with Crippen molar-refractivity contribution in [2.24, 2.45) is 0 Å². The molecule has 0 saturated heterocycles. The van der Waals surface area contributed by atoms with E-state index < -0.39 is 0 Å². The smallest absolute Gasteiger partial charge is 0.245 e. The highest BCUT2D eigenvalue weighted by molar-refractivity contribution is 5.76. The molecule has 132 valence electrons. The van der Waals surface area contributed by atoms with Crippen molar-refractivity contribution in [3.63, 3.8) is 0 Å². The molecule has 0 atom stereocenters. The van der Waals surface area contributed by atoms with Crippen LogP contribution in [0.2, 0.25) is 0 Å². The van der Waals surface area contributed by atoms with Crippen LogP contribution in [0.25, 0.3) is 11.2 Å². The number of H-pyrrole nitrogens is 1. The van der Waals surface area contributed by atoms with Gasteiger partial charge in [-0.1, -0.05) is 24.3 Å². The van der Waals surface area contributed by atoms with E-state index in [-0.39, 0.29) is 5.95 Å². The maximum absolute atomic E-state index is 5.76. The summed E-state index contributed by atoms with van der Waals surface area (Å²) >= 11 is 0. The molecule has 3 aromatic rings. The number of rotatable bonds is 9. The number of aromatic amines is 1. The van der Waals surface area contributed by atoms with Crippen LogP contribution >= 0.6 is 0 Å². The summed E-state index contributed by atoms with van der Waals surface area (Å²) in [4.78, 5) is 15.2. The molecule has 0 spiro atoms. The van der Waals surface area contributed by atoms with E-state index in [4.69, 9.17) is 19.9 Å². The van der Waals surface area contributed by atoms with Crippen LogP contribution in [0, 0.1) is 0 Å². The van der Waals surface area contributed by atoms with Gasteiger partial charge in [0.1, 0.15) is 12.1 Å². The van der Waals surface area contributed by atoms with Gasteiger partial charge < -0.3 is 24.9 Å². The highest BCUT2D eigenvalue weighted by atomic mass is 16.5. The molecule has 0 radical (unpaired) electrons. The van der Waals surface area contributed by atoms with Crippen molar-refractivity contribution in [3.8, 4) is 5.88 Å². The fourth-order valence-electron chi connectivity index (χ4n) is 2.26. The van der Waals surface area contributed by atoms with Crippen LogP contribution in [0.4, 0.5) is 5.95 Å². The Morgan fingerprint density at radius 3 is 2.48 bits per heavy atom. The van der Waals surface area contributed by atoms with Gasteiger partial charge in [0.05, 0.1) is 26.1 Å². The molecule has 25 heavy (non-hydrogen) atoms. The Balaban J connectivity index is 1.54. The first-order valence-corrected chi connectivity index (χ1v) is 8.09. The Hall–Kier alpha value is -2.71. The number of nitrogen functional groups attached to an aromatic ring is 1. The number of hydrogen-bond acceptors (Lipinski definition) is 7. The topological polar surface area (TPSA) is 108 Å². The maximum Gasteiger partial charge on any atom is 0.245 e. The van der Waals surface area contributed by atoms with Gasteiger partial charge in [-0.05, 0) is 18.1 Å². The van der Waals surface area contributed by atoms with Crippen molar-refractivity contribution in [2.45, 2.75) is 20.1 Å². The highest BCUT2D eigenvalue weighted by Gasteiger charge is 2.09. The molecule has 0 unspecified atom stereocenters. The maximum atomic E-state index is 5.76. The predicted molar refractivity (Wildman–Crippen MR) is 93.0 cm³/mol. The minimum Gasteiger partial charge on any atom is -0.471 e. The average molecular weight is 343 g/mol. The molecule has 0 saturated carbocycles. The third-order valence-electron chi connectivity index (χ3n) is 3.51. The molecule has 0 aliphatic heterocycles. The molecule has 0 fully saturated rings. The van der Waals surface area contributed by atoms with E-state index in [0.717, 1.165) is 11.1 Å². The van der Waals surface area contributed by atoms with E-state index in [2.05, 4.69) is 19.9 Å². The van der Waals surface area contributed by atoms with Crippen molar-refractivity contribution in [1.29, 1.82) is 0 Å². The minimum absolute atomic E-state index is 0.133. The summed E-state index contributed by atoms with van der Waals surface area (Å²) in [5, 5.41) is 0. The molecule has 0 aliphatic carbocycles. The van der Waals surface area contributed by atoms with Crippen LogP contribution in [0.5, 0.6) is 5.88 Å². The lowest BCUT2D eigenvalue weighted by molar-refractivity contribution is 0.0453. The molecule has 8 heteroatoms. The molecule has 1 aromatic carbocycles. The van der Waals surface area contributed by atoms with Crippen LogP contribution in [0.1, 0.15) is 18.1 Å². The van der Waals surface area contributed by atoms with Crippen molar-refractivity contribution in [1.82, 2.24) is 19.9 Å². The molecular weight excluding hydrogens is 322 g/mol. The summed E-state index contributed by atoms with van der Waals surface area (Å²) in [5.74, 6) is 0.525. The van der Waals surface area contributed by atoms with Gasteiger partial charge in [-0.15, -0.1) is 0 Å². The number of nitrogens with two attached hydrogens (primary N) is 1. The SMILES string of the molecule is CCOCCOCc1ccc(COc2nc(N)nc3nc[nH]c23)cc1. The van der Waals surface area contributed by atoms with Crippen LogP contribution < -0.4 is 10.5 Å². The lowest BCUT2D eigenvalue weighted by Gasteiger charge is -2.08. The molecule has 3 N–H and O–H groups in total. The Bertz CT molecular complexity index is 804. The van der Waals surface area contributed by atoms with Gasteiger partial charge in [0, 0.05) is 6.61 Å². The Morgan fingerprint density at radius 2 is 1.72 bits per heavy atom. The number of anilines is 1. The van der Waals surface area contributed by atoms with E-state index in [0.29, 0.717) is 50.1 Å². The third-order valence-corrected chi connectivity index (χ3v) is 3.51. The normalized spacial score (nSPS) is 11.1. The van der Waals surface area contributed by atoms with Crippen molar-refractivity contribution in [2.75, 3.05) is 25.6 Å². The Morgan fingerprint density at radius 1 is 1.00 bits per heavy atom. The number of fused-ring (bicyclic) bond motifs is 1. The number of ether oxygens (including phenoxy) is 3. The van der Waals surface area contributed by atoms with E-state index in [1.165, 1.54) is 6.33 Å². The Labute approximate surface area is 145 Å². The van der Waals surface area contributed by atoms with Gasteiger partial charge in [-0.25, -0.2) is 4.98 Å². The molecule has 3 rings (SSSR count). The highest BCUT2D eigenvalue weighted by Crippen LogP contribution is 2.20. The summed E-state index contributed by atoms with van der Waals surface area (Å²) < 4.78 is 16.5. The quantitative estimate of drug-likeness (QED) is 0.572. The van der Waals surface area contributed by atoms with Crippen molar-refractivity contribution >= 4 is 17.1 Å². The number of hydrogen-bond donors (Lipinski definition) is 2. The van der Waals surface area contributed by atoms with Gasteiger partial charge in [0.25, 0.3) is 0 Å². The lowest BCUT2D eigenvalue weighted by atomic mass is 10.1. The zero-order valence-electron chi connectivity index (χ0n) is 14.1. The monoisotopic (exact) mass is 343 g/mol. The molecule has 8 nitrogen and oxygen atoms in total. The zero-order valence-corrected chi connectivity index (χ0v) is 14.1. The number of nitrogens with one attached hydrogen (secondary N) is 1. The summed E-state index contributed by atoms with van der Waals surface area (Å²) in [7, 11) is 0. The first kappa shape index (κ1) is 17.1. The number of benzene rings is 1. The summed E-state index contributed by atoms with van der Waals surface area (Å²) in [6.07, 6.45) is 1.53. The molecular formula is C17H21N5O3. The summed E-state index contributed by atoms with van der Waals surface area (Å²) in [6, 6.07) is 8.02. The number of aromatic nitrogens is 4. The van der Waals surface area contributed by atoms with Crippen LogP contribution in [-0.4, -0.2) is 39.8 Å². The first-order valence-electron chi connectivity index (χ1n) is 8.09. The fourth-order valence-corrected chi connectivity index (χ4v) is 2.26. The van der Waals surface area contributed by atoms with Crippen LogP contribution in [0.3, 0.4) is 0 Å². The zero-order chi connectivity index (χ0) is 17.5. The van der Waals surface area contributed by atoms with Gasteiger partial charge >= 0.3 is 0 Å². The number of nitrogens with zero attached hydrogens (tertiary/aromatic N) is 3. The van der Waals surface area contributed by atoms with E-state index in [9.17, 15) is 0 Å². The van der Waals surface area contributed by atoms with Gasteiger partial charge in [0.2, 0.25) is 11.8 Å². The van der Waals surface area contributed by atoms with Crippen molar-refractivity contribution in [3.05, 3.63) is 41.7 Å². The molecule has 0 bridgehead atoms. The largest absolute Gasteiger partial charge is 0.471 e. The molecule has 2 heterocycles. The minimum atomic E-state index is 0.133. The summed E-state index contributed by atoms with van der Waals surface area (Å²) in [5.41, 5.74) is 8.91. The fraction of sp³-hybridized carbons (Fsp3) is 0.353. The van der Waals surface area contributed by atoms with Crippen LogP contribution in [-0.2, 0) is 22.7 Å². The second-order valence-electron chi connectivity index (χ2n) is 5.34. The van der Waals surface area contributed by atoms with E-state index in [1.807, 2.05) is 31.2 Å². The lowest BCUT2D eigenvalue weighted by Crippen LogP contribution is -2.04. The number of imidazole rings is 1. The molecule has 0 aliphatic rings. The molecule has 0 amide bonds. The Kier molecular flexibility index (Phi) is 5.76. The summed E-state index contributed by atoms with van der Waals surface area (Å²) in [6.45, 7) is 4.82.